The highest BCUT2D eigenvalue weighted by Crippen LogP contribution is 2.18. The quantitative estimate of drug-likeness (QED) is 0.835. The number of sulfonamides is 1. The molecule has 2 aromatic rings. The van der Waals surface area contributed by atoms with Gasteiger partial charge in [0.25, 0.3) is 10.0 Å². The second-order valence-corrected chi connectivity index (χ2v) is 6.05. The maximum Gasteiger partial charge on any atom is 0.274 e. The summed E-state index contributed by atoms with van der Waals surface area (Å²) in [4.78, 5) is 3.99. The number of rotatable bonds is 6. The molecule has 2 N–H and O–H groups in total. The molecular formula is C12H17N3O4S. The number of nitrogens with zero attached hydrogens (tertiary/aromatic N) is 1. The summed E-state index contributed by atoms with van der Waals surface area (Å²) in [6, 6.07) is 2.46. The van der Waals surface area contributed by atoms with E-state index in [1.54, 1.807) is 27.0 Å². The molecule has 0 radical (unpaired) electrons. The molecule has 0 bridgehead atoms. The van der Waals surface area contributed by atoms with E-state index in [9.17, 15) is 8.42 Å². The fourth-order valence-corrected chi connectivity index (χ4v) is 2.83. The van der Waals surface area contributed by atoms with Gasteiger partial charge in [-0.2, -0.15) is 4.72 Å². The van der Waals surface area contributed by atoms with Crippen molar-refractivity contribution < 1.29 is 17.3 Å². The lowest BCUT2D eigenvalue weighted by molar-refractivity contribution is 0.395. The molecule has 0 spiro atoms. The summed E-state index contributed by atoms with van der Waals surface area (Å²) in [6.07, 6.45) is 1.54. The normalized spacial score (nSPS) is 13.6. The predicted molar refractivity (Wildman–Crippen MR) is 71.4 cm³/mol. The smallest absolute Gasteiger partial charge is 0.274 e. The van der Waals surface area contributed by atoms with Crippen molar-refractivity contribution >= 4 is 10.0 Å². The Bertz CT molecular complexity index is 674. The van der Waals surface area contributed by atoms with E-state index in [1.165, 1.54) is 12.3 Å². The van der Waals surface area contributed by atoms with Crippen molar-refractivity contribution in [3.63, 3.8) is 0 Å². The third-order valence-corrected chi connectivity index (χ3v) is 4.01. The molecule has 0 saturated heterocycles. The van der Waals surface area contributed by atoms with Gasteiger partial charge in [-0.05, 0) is 33.0 Å². The molecule has 0 amide bonds. The molecule has 110 valence electrons. The monoisotopic (exact) mass is 299 g/mol. The second kappa shape index (κ2) is 5.78. The molecule has 8 heteroatoms. The van der Waals surface area contributed by atoms with Crippen LogP contribution in [0.25, 0.3) is 0 Å². The van der Waals surface area contributed by atoms with Crippen molar-refractivity contribution in [2.45, 2.75) is 31.5 Å². The largest absolute Gasteiger partial charge is 0.447 e. The van der Waals surface area contributed by atoms with Gasteiger partial charge in [-0.1, -0.05) is 0 Å². The Labute approximate surface area is 117 Å². The molecule has 1 unspecified atom stereocenters. The highest BCUT2D eigenvalue weighted by Gasteiger charge is 2.24. The first kappa shape index (κ1) is 14.8. The Hall–Kier alpha value is -1.64. The van der Waals surface area contributed by atoms with E-state index in [0.717, 1.165) is 0 Å². The number of oxazole rings is 1. The lowest BCUT2D eigenvalue weighted by Gasteiger charge is -2.09. The standard InChI is InChI=1S/C12H17N3O4S/c1-8-6-14-12(18-8)9(2)15-20(16,17)11-5-4-10(19-11)7-13-3/h4-6,9,13,15H,7H2,1-3H3. The van der Waals surface area contributed by atoms with Crippen LogP contribution in [0.1, 0.15) is 30.4 Å². The van der Waals surface area contributed by atoms with Gasteiger partial charge >= 0.3 is 0 Å². The lowest BCUT2D eigenvalue weighted by atomic mass is 10.4. The van der Waals surface area contributed by atoms with Crippen molar-refractivity contribution in [2.24, 2.45) is 0 Å². The summed E-state index contributed by atoms with van der Waals surface area (Å²) in [5.74, 6) is 1.49. The predicted octanol–water partition coefficient (Wildman–Crippen LogP) is 1.33. The first-order valence-electron chi connectivity index (χ1n) is 6.10. The zero-order chi connectivity index (χ0) is 14.8. The fourth-order valence-electron chi connectivity index (χ4n) is 1.69. The third kappa shape index (κ3) is 3.27. The SMILES string of the molecule is CNCc1ccc(S(=O)(=O)NC(C)c2ncc(C)o2)o1. The molecular weight excluding hydrogens is 282 g/mol. The molecule has 0 saturated carbocycles. The van der Waals surface area contributed by atoms with E-state index >= 15 is 0 Å². The van der Waals surface area contributed by atoms with E-state index in [1.807, 2.05) is 0 Å². The lowest BCUT2D eigenvalue weighted by Crippen LogP contribution is -2.26. The second-order valence-electron chi connectivity index (χ2n) is 4.40. The van der Waals surface area contributed by atoms with Gasteiger partial charge in [-0.15, -0.1) is 0 Å². The highest BCUT2D eigenvalue weighted by atomic mass is 32.2. The van der Waals surface area contributed by atoms with Crippen LogP contribution >= 0.6 is 0 Å². The van der Waals surface area contributed by atoms with Gasteiger partial charge in [0.15, 0.2) is 0 Å². The van der Waals surface area contributed by atoms with Gasteiger partial charge in [0, 0.05) is 0 Å². The Morgan fingerprint density at radius 2 is 2.10 bits per heavy atom. The summed E-state index contributed by atoms with van der Waals surface area (Å²) in [5.41, 5.74) is 0. The van der Waals surface area contributed by atoms with E-state index < -0.39 is 16.1 Å². The van der Waals surface area contributed by atoms with Crippen molar-refractivity contribution in [3.05, 3.63) is 35.7 Å². The van der Waals surface area contributed by atoms with Crippen LogP contribution in [0.4, 0.5) is 0 Å². The summed E-state index contributed by atoms with van der Waals surface area (Å²) < 4.78 is 37.3. The minimum atomic E-state index is -3.74. The number of furan rings is 1. The van der Waals surface area contributed by atoms with Crippen LogP contribution < -0.4 is 10.0 Å². The molecule has 0 aliphatic rings. The first-order valence-corrected chi connectivity index (χ1v) is 7.58. The number of nitrogens with one attached hydrogen (secondary N) is 2. The van der Waals surface area contributed by atoms with Crippen molar-refractivity contribution in [1.29, 1.82) is 0 Å². The Kier molecular flexibility index (Phi) is 4.26. The number of hydrogen-bond donors (Lipinski definition) is 2. The molecule has 2 rings (SSSR count). The van der Waals surface area contributed by atoms with E-state index in [4.69, 9.17) is 8.83 Å². The van der Waals surface area contributed by atoms with Crippen molar-refractivity contribution in [1.82, 2.24) is 15.0 Å². The summed E-state index contributed by atoms with van der Waals surface area (Å²) >= 11 is 0. The summed E-state index contributed by atoms with van der Waals surface area (Å²) in [6.45, 7) is 3.86. The maximum absolute atomic E-state index is 12.1. The number of aromatic nitrogens is 1. The van der Waals surface area contributed by atoms with Gasteiger partial charge < -0.3 is 14.2 Å². The summed E-state index contributed by atoms with van der Waals surface area (Å²) in [7, 11) is -1.99. The van der Waals surface area contributed by atoms with Crippen LogP contribution in [0.2, 0.25) is 0 Å². The zero-order valence-electron chi connectivity index (χ0n) is 11.5. The van der Waals surface area contributed by atoms with Crippen LogP contribution in [0.5, 0.6) is 0 Å². The van der Waals surface area contributed by atoms with Crippen LogP contribution in [0.15, 0.2) is 32.3 Å². The number of hydrogen-bond acceptors (Lipinski definition) is 6. The Morgan fingerprint density at radius 3 is 2.70 bits per heavy atom. The fraction of sp³-hybridized carbons (Fsp3) is 0.417. The molecule has 2 aromatic heterocycles. The minimum Gasteiger partial charge on any atom is -0.447 e. The van der Waals surface area contributed by atoms with Crippen molar-refractivity contribution in [2.75, 3.05) is 7.05 Å². The molecule has 0 aliphatic carbocycles. The Morgan fingerprint density at radius 1 is 1.35 bits per heavy atom. The average molecular weight is 299 g/mol. The average Bonchev–Trinajstić information content (AvgIpc) is 2.98. The van der Waals surface area contributed by atoms with Crippen LogP contribution in [-0.4, -0.2) is 20.4 Å². The molecule has 0 aromatic carbocycles. The van der Waals surface area contributed by atoms with E-state index in [-0.39, 0.29) is 5.09 Å². The zero-order valence-corrected chi connectivity index (χ0v) is 12.3. The topological polar surface area (TPSA) is 97.4 Å². The molecule has 7 nitrogen and oxygen atoms in total. The van der Waals surface area contributed by atoms with Gasteiger partial charge in [-0.25, -0.2) is 13.4 Å². The van der Waals surface area contributed by atoms with Crippen LogP contribution in [0, 0.1) is 6.92 Å². The van der Waals surface area contributed by atoms with Crippen molar-refractivity contribution in [3.8, 4) is 0 Å². The van der Waals surface area contributed by atoms with Gasteiger partial charge in [-0.3, -0.25) is 0 Å². The van der Waals surface area contributed by atoms with Gasteiger partial charge in [0.2, 0.25) is 11.0 Å². The minimum absolute atomic E-state index is 0.127. The summed E-state index contributed by atoms with van der Waals surface area (Å²) in [5, 5.41) is 2.76. The molecule has 20 heavy (non-hydrogen) atoms. The van der Waals surface area contributed by atoms with Gasteiger partial charge in [0.05, 0.1) is 18.8 Å². The highest BCUT2D eigenvalue weighted by molar-refractivity contribution is 7.89. The van der Waals surface area contributed by atoms with Gasteiger partial charge in [0.1, 0.15) is 11.5 Å². The van der Waals surface area contributed by atoms with E-state index in [0.29, 0.717) is 24.0 Å². The molecule has 2 heterocycles. The van der Waals surface area contributed by atoms with Crippen LogP contribution in [0.3, 0.4) is 0 Å². The Balaban J connectivity index is 2.13. The number of aryl methyl sites for hydroxylation is 1. The third-order valence-electron chi connectivity index (χ3n) is 2.59. The molecule has 1 atom stereocenters. The molecule has 0 aliphatic heterocycles. The maximum atomic E-state index is 12.1. The first-order chi connectivity index (χ1) is 9.42. The molecule has 0 fully saturated rings. The van der Waals surface area contributed by atoms with Crippen LogP contribution in [-0.2, 0) is 16.6 Å². The van der Waals surface area contributed by atoms with E-state index in [2.05, 4.69) is 15.0 Å².